The van der Waals surface area contributed by atoms with Crippen LogP contribution in [0, 0.1) is 5.82 Å². The van der Waals surface area contributed by atoms with Crippen LogP contribution in [0.3, 0.4) is 0 Å². The van der Waals surface area contributed by atoms with Gasteiger partial charge in [0.1, 0.15) is 18.1 Å². The molecule has 3 aromatic rings. The fraction of sp³-hybridized carbons (Fsp3) is 0.500. The molecule has 1 N–H and O–H groups in total. The Bertz CT molecular complexity index is 1080. The van der Waals surface area contributed by atoms with Gasteiger partial charge in [-0.3, -0.25) is 4.79 Å². The summed E-state index contributed by atoms with van der Waals surface area (Å²) in [6.45, 7) is 11.5. The van der Waals surface area contributed by atoms with Crippen molar-refractivity contribution in [1.29, 1.82) is 0 Å². The average molecular weight is 461 g/mol. The minimum absolute atomic E-state index is 0.0287. The molecule has 0 radical (unpaired) electrons. The molecule has 172 valence electrons. The minimum atomic E-state index is -0.278. The van der Waals surface area contributed by atoms with Crippen LogP contribution in [0.4, 0.5) is 15.3 Å². The van der Waals surface area contributed by atoms with E-state index in [-0.39, 0.29) is 23.9 Å². The molecule has 0 aliphatic carbocycles. The van der Waals surface area contributed by atoms with Crippen molar-refractivity contribution in [1.82, 2.24) is 19.5 Å². The van der Waals surface area contributed by atoms with Crippen molar-refractivity contribution in [3.63, 3.8) is 0 Å². The number of hydrogen-bond donors (Lipinski definition) is 1. The zero-order valence-corrected chi connectivity index (χ0v) is 19.7. The molecule has 1 aliphatic rings. The normalized spacial score (nSPS) is 14.9. The quantitative estimate of drug-likeness (QED) is 0.607. The number of ether oxygens (including phenoxy) is 1. The Balaban J connectivity index is 1.58. The summed E-state index contributed by atoms with van der Waals surface area (Å²) in [5.74, 6) is 0.535. The van der Waals surface area contributed by atoms with E-state index in [1.54, 1.807) is 12.1 Å². The van der Waals surface area contributed by atoms with Crippen LogP contribution in [0.5, 0.6) is 0 Å². The SMILES string of the molecule is CCOCC(=O)N1CCN(c2nn3c(NC(C)(C)C)c(-c4ccc(F)cc4)nc3s2)CC1. The van der Waals surface area contributed by atoms with Gasteiger partial charge in [0.15, 0.2) is 5.82 Å². The number of carbonyl (C=O) groups excluding carboxylic acids is 1. The van der Waals surface area contributed by atoms with Crippen LogP contribution in [-0.2, 0) is 9.53 Å². The Labute approximate surface area is 191 Å². The number of aromatic nitrogens is 3. The third-order valence-electron chi connectivity index (χ3n) is 5.14. The standard InChI is InChI=1S/C22H29FN6O2S/c1-5-31-14-17(30)27-10-12-28(13-11-27)21-26-29-19(25-22(2,3)4)18(24-20(29)32-21)15-6-8-16(23)9-7-15/h6-9,25H,5,10-14H2,1-4H3. The molecule has 1 amide bonds. The fourth-order valence-electron chi connectivity index (χ4n) is 3.57. The summed E-state index contributed by atoms with van der Waals surface area (Å²) in [7, 11) is 0. The van der Waals surface area contributed by atoms with Crippen molar-refractivity contribution in [3.8, 4) is 11.3 Å². The van der Waals surface area contributed by atoms with E-state index in [0.717, 1.165) is 27.2 Å². The van der Waals surface area contributed by atoms with Crippen molar-refractivity contribution in [2.45, 2.75) is 33.2 Å². The van der Waals surface area contributed by atoms with Gasteiger partial charge in [-0.25, -0.2) is 9.37 Å². The Morgan fingerprint density at radius 3 is 2.50 bits per heavy atom. The van der Waals surface area contributed by atoms with Gasteiger partial charge in [0, 0.05) is 43.9 Å². The predicted molar refractivity (Wildman–Crippen MR) is 125 cm³/mol. The van der Waals surface area contributed by atoms with Gasteiger partial charge in [0.25, 0.3) is 0 Å². The number of hydrogen-bond acceptors (Lipinski definition) is 7. The molecule has 1 aromatic carbocycles. The van der Waals surface area contributed by atoms with Crippen molar-refractivity contribution in [3.05, 3.63) is 30.1 Å². The van der Waals surface area contributed by atoms with E-state index in [0.29, 0.717) is 32.8 Å². The first-order chi connectivity index (χ1) is 15.2. The maximum atomic E-state index is 13.4. The van der Waals surface area contributed by atoms with Crippen molar-refractivity contribution in [2.75, 3.05) is 49.6 Å². The smallest absolute Gasteiger partial charge is 0.248 e. The maximum Gasteiger partial charge on any atom is 0.248 e. The second kappa shape index (κ2) is 9.03. The van der Waals surface area contributed by atoms with Crippen LogP contribution in [0.1, 0.15) is 27.7 Å². The number of benzene rings is 1. The molecule has 3 heterocycles. The topological polar surface area (TPSA) is 75.0 Å². The molecule has 0 atom stereocenters. The molecule has 4 rings (SSSR count). The number of nitrogens with one attached hydrogen (secondary N) is 1. The van der Waals surface area contributed by atoms with Gasteiger partial charge in [-0.05, 0) is 52.0 Å². The Hall–Kier alpha value is -2.72. The lowest BCUT2D eigenvalue weighted by Gasteiger charge is -2.34. The highest BCUT2D eigenvalue weighted by molar-refractivity contribution is 7.20. The van der Waals surface area contributed by atoms with Crippen LogP contribution in [0.2, 0.25) is 0 Å². The van der Waals surface area contributed by atoms with E-state index in [1.165, 1.54) is 23.5 Å². The predicted octanol–water partition coefficient (Wildman–Crippen LogP) is 3.49. The summed E-state index contributed by atoms with van der Waals surface area (Å²) in [6, 6.07) is 6.34. The maximum absolute atomic E-state index is 13.4. The van der Waals surface area contributed by atoms with Gasteiger partial charge in [-0.1, -0.05) is 11.3 Å². The molecule has 1 fully saturated rings. The number of carbonyl (C=O) groups is 1. The zero-order valence-electron chi connectivity index (χ0n) is 18.9. The molecule has 10 heteroatoms. The zero-order chi connectivity index (χ0) is 22.9. The molecule has 0 spiro atoms. The summed E-state index contributed by atoms with van der Waals surface area (Å²) >= 11 is 1.51. The first-order valence-electron chi connectivity index (χ1n) is 10.8. The summed E-state index contributed by atoms with van der Waals surface area (Å²) in [4.78, 5) is 21.8. The number of anilines is 2. The van der Waals surface area contributed by atoms with E-state index < -0.39 is 0 Å². The molecule has 8 nitrogen and oxygen atoms in total. The van der Waals surface area contributed by atoms with Gasteiger partial charge in [0.2, 0.25) is 16.0 Å². The van der Waals surface area contributed by atoms with E-state index in [9.17, 15) is 9.18 Å². The molecule has 0 unspecified atom stereocenters. The average Bonchev–Trinajstić information content (AvgIpc) is 3.31. The molecular weight excluding hydrogens is 431 g/mol. The number of imidazole rings is 1. The number of rotatable bonds is 6. The Morgan fingerprint density at radius 2 is 1.88 bits per heavy atom. The highest BCUT2D eigenvalue weighted by atomic mass is 32.1. The molecule has 2 aromatic heterocycles. The lowest BCUT2D eigenvalue weighted by molar-refractivity contribution is -0.136. The molecular formula is C22H29FN6O2S. The second-order valence-electron chi connectivity index (χ2n) is 8.77. The summed E-state index contributed by atoms with van der Waals surface area (Å²) in [6.07, 6.45) is 0. The van der Waals surface area contributed by atoms with Crippen LogP contribution < -0.4 is 10.2 Å². The first-order valence-corrected chi connectivity index (χ1v) is 11.6. The van der Waals surface area contributed by atoms with Gasteiger partial charge in [-0.15, -0.1) is 5.10 Å². The highest BCUT2D eigenvalue weighted by Crippen LogP contribution is 2.35. The largest absolute Gasteiger partial charge is 0.372 e. The third kappa shape index (κ3) is 4.86. The van der Waals surface area contributed by atoms with Crippen molar-refractivity contribution >= 4 is 33.2 Å². The van der Waals surface area contributed by atoms with Gasteiger partial charge >= 0.3 is 0 Å². The van der Waals surface area contributed by atoms with E-state index >= 15 is 0 Å². The molecule has 0 saturated carbocycles. The van der Waals surface area contributed by atoms with E-state index in [2.05, 4.69) is 31.0 Å². The Morgan fingerprint density at radius 1 is 1.19 bits per heavy atom. The van der Waals surface area contributed by atoms with Crippen LogP contribution in [-0.4, -0.2) is 70.3 Å². The van der Waals surface area contributed by atoms with Crippen LogP contribution in [0.25, 0.3) is 16.2 Å². The second-order valence-corrected chi connectivity index (χ2v) is 9.71. The summed E-state index contributed by atoms with van der Waals surface area (Å²) in [5.41, 5.74) is 1.37. The Kier molecular flexibility index (Phi) is 6.34. The molecule has 0 bridgehead atoms. The minimum Gasteiger partial charge on any atom is -0.372 e. The van der Waals surface area contributed by atoms with E-state index in [1.807, 2.05) is 16.3 Å². The highest BCUT2D eigenvalue weighted by Gasteiger charge is 2.26. The molecule has 1 aliphatic heterocycles. The van der Waals surface area contributed by atoms with Gasteiger partial charge in [0.05, 0.1) is 0 Å². The van der Waals surface area contributed by atoms with Crippen LogP contribution in [0.15, 0.2) is 24.3 Å². The van der Waals surface area contributed by atoms with Crippen molar-refractivity contribution in [2.24, 2.45) is 0 Å². The van der Waals surface area contributed by atoms with E-state index in [4.69, 9.17) is 14.8 Å². The lowest BCUT2D eigenvalue weighted by atomic mass is 10.1. The third-order valence-corrected chi connectivity index (χ3v) is 6.11. The number of nitrogens with zero attached hydrogens (tertiary/aromatic N) is 5. The fourth-order valence-corrected chi connectivity index (χ4v) is 4.52. The number of amides is 1. The van der Waals surface area contributed by atoms with Crippen LogP contribution >= 0.6 is 11.3 Å². The first kappa shape index (κ1) is 22.5. The number of fused-ring (bicyclic) bond motifs is 1. The monoisotopic (exact) mass is 460 g/mol. The molecule has 1 saturated heterocycles. The van der Waals surface area contributed by atoms with Crippen molar-refractivity contribution < 1.29 is 13.9 Å². The van der Waals surface area contributed by atoms with Gasteiger partial charge in [-0.2, -0.15) is 4.52 Å². The lowest BCUT2D eigenvalue weighted by Crippen LogP contribution is -2.49. The number of piperazine rings is 1. The summed E-state index contributed by atoms with van der Waals surface area (Å²) in [5, 5.41) is 9.21. The molecule has 32 heavy (non-hydrogen) atoms. The summed E-state index contributed by atoms with van der Waals surface area (Å²) < 4.78 is 20.5. The number of halogens is 1. The van der Waals surface area contributed by atoms with Gasteiger partial charge < -0.3 is 19.9 Å².